The molecule has 0 aromatic heterocycles. The van der Waals surface area contributed by atoms with Crippen molar-refractivity contribution in [2.24, 2.45) is 0 Å². The Morgan fingerprint density at radius 3 is 2.37 bits per heavy atom. The van der Waals surface area contributed by atoms with E-state index in [2.05, 4.69) is 5.32 Å². The van der Waals surface area contributed by atoms with E-state index in [-0.39, 0.29) is 31.5 Å². The highest BCUT2D eigenvalue weighted by atomic mass is 19.4. The summed E-state index contributed by atoms with van der Waals surface area (Å²) >= 11 is 0. The van der Waals surface area contributed by atoms with Crippen molar-refractivity contribution in [3.63, 3.8) is 0 Å². The maximum atomic E-state index is 13.8. The molecule has 1 amide bonds. The first-order chi connectivity index (χ1) is 13.7. The van der Waals surface area contributed by atoms with Crippen LogP contribution in [0.2, 0.25) is 0 Å². The third kappa shape index (κ3) is 4.82. The standard InChI is InChI=1S/C19H22F4N2O5/c1-17(2,3)30-16(28)24-18(15(27)29-4)7-8-25(10-18)13-6-5-12(20)14(11(13)9-26)19(21,22)23/h5-6,9H,7-8,10H2,1-4H3,(H,24,28)/t18-/m1/s1. The molecule has 1 atom stereocenters. The van der Waals surface area contributed by atoms with Crippen LogP contribution in [0.3, 0.4) is 0 Å². The number of methoxy groups -OCH3 is 1. The van der Waals surface area contributed by atoms with Crippen LogP contribution in [0.15, 0.2) is 12.1 Å². The zero-order chi connectivity index (χ0) is 22.9. The maximum absolute atomic E-state index is 13.8. The van der Waals surface area contributed by atoms with Gasteiger partial charge in [0.2, 0.25) is 0 Å². The number of nitrogens with one attached hydrogen (secondary N) is 1. The van der Waals surface area contributed by atoms with E-state index < -0.39 is 46.3 Å². The average molecular weight is 434 g/mol. The van der Waals surface area contributed by atoms with Crippen molar-refractivity contribution in [2.75, 3.05) is 25.1 Å². The first-order valence-electron chi connectivity index (χ1n) is 8.93. The minimum absolute atomic E-state index is 0.00529. The molecule has 0 unspecified atom stereocenters. The average Bonchev–Trinajstić information content (AvgIpc) is 3.02. The summed E-state index contributed by atoms with van der Waals surface area (Å²) in [6.45, 7) is 4.54. The lowest BCUT2D eigenvalue weighted by molar-refractivity contribution is -0.147. The predicted octanol–water partition coefficient (Wildman–Crippen LogP) is 3.30. The summed E-state index contributed by atoms with van der Waals surface area (Å²) < 4.78 is 63.5. The molecule has 1 heterocycles. The van der Waals surface area contributed by atoms with Gasteiger partial charge >= 0.3 is 18.2 Å². The summed E-state index contributed by atoms with van der Waals surface area (Å²) in [4.78, 5) is 37.3. The van der Waals surface area contributed by atoms with Gasteiger partial charge in [-0.05, 0) is 32.9 Å². The van der Waals surface area contributed by atoms with Crippen molar-refractivity contribution >= 4 is 24.0 Å². The number of halogens is 4. The van der Waals surface area contributed by atoms with E-state index in [0.717, 1.165) is 13.2 Å². The van der Waals surface area contributed by atoms with E-state index >= 15 is 0 Å². The van der Waals surface area contributed by atoms with Gasteiger partial charge in [0.05, 0.1) is 19.2 Å². The molecule has 0 spiro atoms. The van der Waals surface area contributed by atoms with Gasteiger partial charge in [-0.3, -0.25) is 4.79 Å². The van der Waals surface area contributed by atoms with Gasteiger partial charge in [0, 0.05) is 18.7 Å². The highest BCUT2D eigenvalue weighted by Crippen LogP contribution is 2.39. The van der Waals surface area contributed by atoms with E-state index in [1.165, 1.54) is 4.90 Å². The predicted molar refractivity (Wildman–Crippen MR) is 97.7 cm³/mol. The fraction of sp³-hybridized carbons (Fsp3) is 0.526. The monoisotopic (exact) mass is 434 g/mol. The number of carbonyl (C=O) groups is 3. The molecule has 1 aliphatic rings. The lowest BCUT2D eigenvalue weighted by Crippen LogP contribution is -2.57. The van der Waals surface area contributed by atoms with Crippen LogP contribution < -0.4 is 10.2 Å². The number of hydrogen-bond acceptors (Lipinski definition) is 6. The SMILES string of the molecule is COC(=O)[C@@]1(NC(=O)OC(C)(C)C)CCN(c2ccc(F)c(C(F)(F)F)c2C=O)C1. The van der Waals surface area contributed by atoms with Crippen molar-refractivity contribution in [3.8, 4) is 0 Å². The summed E-state index contributed by atoms with van der Waals surface area (Å²) in [5.41, 5.74) is -5.27. The number of anilines is 1. The molecule has 11 heteroatoms. The van der Waals surface area contributed by atoms with E-state index in [1.807, 2.05) is 0 Å². The van der Waals surface area contributed by atoms with Gasteiger partial charge in [-0.25, -0.2) is 14.0 Å². The summed E-state index contributed by atoms with van der Waals surface area (Å²) in [7, 11) is 1.10. The molecule has 0 radical (unpaired) electrons. The van der Waals surface area contributed by atoms with Gasteiger partial charge in [0.25, 0.3) is 0 Å². The summed E-state index contributed by atoms with van der Waals surface area (Å²) in [5.74, 6) is -2.42. The molecule has 1 N–H and O–H groups in total. The number of rotatable bonds is 4. The minimum atomic E-state index is -5.09. The van der Waals surface area contributed by atoms with Gasteiger partial charge in [-0.2, -0.15) is 13.2 Å². The Bertz CT molecular complexity index is 851. The van der Waals surface area contributed by atoms with Crippen LogP contribution in [0.4, 0.5) is 28.0 Å². The number of esters is 1. The number of benzene rings is 1. The van der Waals surface area contributed by atoms with Crippen LogP contribution in [0.25, 0.3) is 0 Å². The number of alkyl carbamates (subject to hydrolysis) is 1. The van der Waals surface area contributed by atoms with Gasteiger partial charge in [-0.15, -0.1) is 0 Å². The fourth-order valence-electron chi connectivity index (χ4n) is 3.29. The molecule has 1 aliphatic heterocycles. The second-order valence-electron chi connectivity index (χ2n) is 7.84. The van der Waals surface area contributed by atoms with Crippen LogP contribution >= 0.6 is 0 Å². The molecular formula is C19H22F4N2O5. The summed E-state index contributed by atoms with van der Waals surface area (Å²) in [6, 6.07) is 1.62. The molecule has 166 valence electrons. The van der Waals surface area contributed by atoms with Crippen LogP contribution in [0.5, 0.6) is 0 Å². The topological polar surface area (TPSA) is 84.9 Å². The molecule has 0 bridgehead atoms. The molecule has 1 aromatic carbocycles. The maximum Gasteiger partial charge on any atom is 0.419 e. The number of hydrogen-bond donors (Lipinski definition) is 1. The highest BCUT2D eigenvalue weighted by molar-refractivity contribution is 5.90. The second kappa shape index (κ2) is 8.11. The normalized spacial score (nSPS) is 19.4. The number of aldehydes is 1. The zero-order valence-electron chi connectivity index (χ0n) is 16.9. The summed E-state index contributed by atoms with van der Waals surface area (Å²) in [6.07, 6.45) is -6.12. The van der Waals surface area contributed by atoms with Gasteiger partial charge in [0.15, 0.2) is 11.8 Å². The minimum Gasteiger partial charge on any atom is -0.467 e. The fourth-order valence-corrected chi connectivity index (χ4v) is 3.29. The van der Waals surface area contributed by atoms with Crippen LogP contribution in [-0.4, -0.2) is 49.7 Å². The number of carbonyl (C=O) groups excluding carboxylic acids is 3. The number of nitrogens with zero attached hydrogens (tertiary/aromatic N) is 1. The van der Waals surface area contributed by atoms with Crippen molar-refractivity contribution in [3.05, 3.63) is 29.1 Å². The molecule has 30 heavy (non-hydrogen) atoms. The molecule has 0 saturated carbocycles. The number of alkyl halides is 3. The van der Waals surface area contributed by atoms with Crippen LogP contribution in [-0.2, 0) is 20.4 Å². The number of amides is 1. The Kier molecular flexibility index (Phi) is 6.34. The largest absolute Gasteiger partial charge is 0.467 e. The van der Waals surface area contributed by atoms with Crippen LogP contribution in [0, 0.1) is 5.82 Å². The molecule has 2 rings (SSSR count). The van der Waals surface area contributed by atoms with Gasteiger partial charge in [-0.1, -0.05) is 0 Å². The summed E-state index contributed by atoms with van der Waals surface area (Å²) in [5, 5.41) is 2.43. The van der Waals surface area contributed by atoms with E-state index in [4.69, 9.17) is 9.47 Å². The lowest BCUT2D eigenvalue weighted by atomic mass is 9.99. The Morgan fingerprint density at radius 1 is 1.23 bits per heavy atom. The Balaban J connectivity index is 2.42. The van der Waals surface area contributed by atoms with Gasteiger partial charge < -0.3 is 19.7 Å². The van der Waals surface area contributed by atoms with Crippen molar-refractivity contribution in [2.45, 2.75) is 44.5 Å². The lowest BCUT2D eigenvalue weighted by Gasteiger charge is -2.30. The van der Waals surface area contributed by atoms with E-state index in [9.17, 15) is 31.9 Å². The van der Waals surface area contributed by atoms with Crippen LogP contribution in [0.1, 0.15) is 43.1 Å². The van der Waals surface area contributed by atoms with E-state index in [1.54, 1.807) is 20.8 Å². The quantitative estimate of drug-likeness (QED) is 0.445. The Hall–Kier alpha value is -2.85. The molecule has 1 fully saturated rings. The smallest absolute Gasteiger partial charge is 0.419 e. The van der Waals surface area contributed by atoms with Crippen molar-refractivity contribution in [1.82, 2.24) is 5.32 Å². The first-order valence-corrected chi connectivity index (χ1v) is 8.93. The third-order valence-electron chi connectivity index (χ3n) is 4.50. The molecule has 7 nitrogen and oxygen atoms in total. The molecule has 1 saturated heterocycles. The Labute approximate surface area is 170 Å². The first kappa shape index (κ1) is 23.4. The van der Waals surface area contributed by atoms with Crippen molar-refractivity contribution < 1.29 is 41.4 Å². The second-order valence-corrected chi connectivity index (χ2v) is 7.84. The van der Waals surface area contributed by atoms with E-state index in [0.29, 0.717) is 6.07 Å². The Morgan fingerprint density at radius 2 is 1.87 bits per heavy atom. The third-order valence-corrected chi connectivity index (χ3v) is 4.50. The van der Waals surface area contributed by atoms with Gasteiger partial charge in [0.1, 0.15) is 17.0 Å². The number of ether oxygens (including phenoxy) is 2. The van der Waals surface area contributed by atoms with Crippen molar-refractivity contribution in [1.29, 1.82) is 0 Å². The molecule has 1 aromatic rings. The molecular weight excluding hydrogens is 412 g/mol. The molecule has 0 aliphatic carbocycles. The highest BCUT2D eigenvalue weighted by Gasteiger charge is 2.49. The zero-order valence-corrected chi connectivity index (χ0v) is 16.9.